The molecule has 0 saturated heterocycles. The lowest BCUT2D eigenvalue weighted by atomic mass is 9.96. The zero-order chi connectivity index (χ0) is 20.4. The molecule has 0 aromatic heterocycles. The summed E-state index contributed by atoms with van der Waals surface area (Å²) in [5.74, 6) is -2.67. The standard InChI is InChI=1S/C21H20F3NO3/c1-12-5-20-14(6-15(13(2)27)10-25(20)3-4-26)7-21(12)28-11-17-18(23)8-16(22)9-19(17)24/h5,7-10,26-27H,2-4,6,11H2,1H3. The predicted octanol–water partition coefficient (Wildman–Crippen LogP) is 4.30. The van der Waals surface area contributed by atoms with Gasteiger partial charge in [0.1, 0.15) is 35.6 Å². The molecule has 7 heteroatoms. The van der Waals surface area contributed by atoms with Crippen LogP contribution in [0.2, 0.25) is 0 Å². The Kier molecular flexibility index (Phi) is 5.65. The van der Waals surface area contributed by atoms with E-state index < -0.39 is 24.1 Å². The lowest BCUT2D eigenvalue weighted by Crippen LogP contribution is -2.26. The third-order valence-electron chi connectivity index (χ3n) is 4.57. The lowest BCUT2D eigenvalue weighted by molar-refractivity contribution is 0.289. The highest BCUT2D eigenvalue weighted by atomic mass is 19.1. The van der Waals surface area contributed by atoms with Gasteiger partial charge >= 0.3 is 0 Å². The van der Waals surface area contributed by atoms with Crippen molar-refractivity contribution < 1.29 is 28.1 Å². The van der Waals surface area contributed by atoms with E-state index in [1.165, 1.54) is 0 Å². The molecule has 0 fully saturated rings. The Hall–Kier alpha value is -2.93. The van der Waals surface area contributed by atoms with Gasteiger partial charge in [0, 0.05) is 42.6 Å². The molecule has 1 heterocycles. The van der Waals surface area contributed by atoms with Crippen molar-refractivity contribution in [3.8, 4) is 5.75 Å². The van der Waals surface area contributed by atoms with Crippen molar-refractivity contribution in [2.75, 3.05) is 18.1 Å². The topological polar surface area (TPSA) is 52.9 Å². The maximum atomic E-state index is 13.8. The van der Waals surface area contributed by atoms with E-state index >= 15 is 0 Å². The van der Waals surface area contributed by atoms with Crippen LogP contribution < -0.4 is 9.64 Å². The molecule has 3 rings (SSSR count). The van der Waals surface area contributed by atoms with Crippen molar-refractivity contribution in [2.24, 2.45) is 0 Å². The highest BCUT2D eigenvalue weighted by Gasteiger charge is 2.21. The fraction of sp³-hybridized carbons (Fsp3) is 0.238. The van der Waals surface area contributed by atoms with E-state index in [0.29, 0.717) is 36.4 Å². The van der Waals surface area contributed by atoms with E-state index in [2.05, 4.69) is 6.58 Å². The summed E-state index contributed by atoms with van der Waals surface area (Å²) < 4.78 is 46.3. The highest BCUT2D eigenvalue weighted by Crippen LogP contribution is 2.36. The summed E-state index contributed by atoms with van der Waals surface area (Å²) in [4.78, 5) is 1.80. The van der Waals surface area contributed by atoms with Crippen LogP contribution in [-0.2, 0) is 13.0 Å². The number of aliphatic hydroxyl groups excluding tert-OH is 2. The van der Waals surface area contributed by atoms with Crippen LogP contribution in [0, 0.1) is 24.4 Å². The first-order chi connectivity index (χ1) is 13.3. The maximum absolute atomic E-state index is 13.8. The first-order valence-electron chi connectivity index (χ1n) is 8.66. The van der Waals surface area contributed by atoms with Gasteiger partial charge < -0.3 is 19.8 Å². The normalized spacial score (nSPS) is 13.2. The van der Waals surface area contributed by atoms with Crippen LogP contribution in [0.3, 0.4) is 0 Å². The number of fused-ring (bicyclic) bond motifs is 1. The predicted molar refractivity (Wildman–Crippen MR) is 99.8 cm³/mol. The van der Waals surface area contributed by atoms with Crippen LogP contribution in [0.1, 0.15) is 16.7 Å². The summed E-state index contributed by atoms with van der Waals surface area (Å²) in [6, 6.07) is 4.78. The fourth-order valence-corrected chi connectivity index (χ4v) is 3.12. The molecule has 4 nitrogen and oxygen atoms in total. The quantitative estimate of drug-likeness (QED) is 0.721. The number of aliphatic hydroxyl groups is 2. The van der Waals surface area contributed by atoms with Gasteiger partial charge in [-0.2, -0.15) is 0 Å². The second-order valence-corrected chi connectivity index (χ2v) is 6.58. The largest absolute Gasteiger partial charge is 0.508 e. The SMILES string of the molecule is C=C(O)C1=CN(CCO)c2cc(C)c(OCc3c(F)cc(F)cc3F)cc2C1. The summed E-state index contributed by atoms with van der Waals surface area (Å²) >= 11 is 0. The van der Waals surface area contributed by atoms with Crippen molar-refractivity contribution in [3.05, 3.63) is 82.5 Å². The molecule has 148 valence electrons. The van der Waals surface area contributed by atoms with E-state index in [9.17, 15) is 23.4 Å². The number of halogens is 3. The summed E-state index contributed by atoms with van der Waals surface area (Å²) in [5.41, 5.74) is 2.60. The maximum Gasteiger partial charge on any atom is 0.135 e. The third kappa shape index (κ3) is 3.99. The van der Waals surface area contributed by atoms with Crippen molar-refractivity contribution in [1.82, 2.24) is 0 Å². The molecular weight excluding hydrogens is 371 g/mol. The number of aryl methyl sites for hydroxylation is 1. The first kappa shape index (κ1) is 19.8. The molecule has 2 aromatic carbocycles. The minimum Gasteiger partial charge on any atom is -0.508 e. The zero-order valence-electron chi connectivity index (χ0n) is 15.3. The third-order valence-corrected chi connectivity index (χ3v) is 4.57. The molecule has 0 unspecified atom stereocenters. The van der Waals surface area contributed by atoms with Gasteiger partial charge in [0.05, 0.1) is 12.2 Å². The number of anilines is 1. The average molecular weight is 391 g/mol. The number of nitrogens with zero attached hydrogens (tertiary/aromatic N) is 1. The molecule has 2 N–H and O–H groups in total. The number of benzene rings is 2. The van der Waals surface area contributed by atoms with E-state index in [1.54, 1.807) is 24.1 Å². The minimum atomic E-state index is -1.01. The van der Waals surface area contributed by atoms with Crippen molar-refractivity contribution in [1.29, 1.82) is 0 Å². The van der Waals surface area contributed by atoms with Gasteiger partial charge in [-0.05, 0) is 30.2 Å². The fourth-order valence-electron chi connectivity index (χ4n) is 3.12. The molecule has 0 aliphatic carbocycles. The van der Waals surface area contributed by atoms with Crippen molar-refractivity contribution >= 4 is 5.69 Å². The van der Waals surface area contributed by atoms with Crippen LogP contribution in [-0.4, -0.2) is 23.4 Å². The first-order valence-corrected chi connectivity index (χ1v) is 8.66. The molecule has 0 radical (unpaired) electrons. The van der Waals surface area contributed by atoms with Crippen LogP contribution in [0.25, 0.3) is 0 Å². The summed E-state index contributed by atoms with van der Waals surface area (Å²) in [6.07, 6.45) is 2.12. The smallest absolute Gasteiger partial charge is 0.135 e. The molecule has 0 saturated carbocycles. The summed E-state index contributed by atoms with van der Waals surface area (Å²) in [6.45, 7) is 5.18. The second kappa shape index (κ2) is 7.98. The molecule has 0 bridgehead atoms. The summed E-state index contributed by atoms with van der Waals surface area (Å²) in [7, 11) is 0. The lowest BCUT2D eigenvalue weighted by Gasteiger charge is -2.30. The van der Waals surface area contributed by atoms with Crippen LogP contribution >= 0.6 is 0 Å². The van der Waals surface area contributed by atoms with Gasteiger partial charge in [0.15, 0.2) is 0 Å². The van der Waals surface area contributed by atoms with E-state index in [0.717, 1.165) is 16.8 Å². The Bertz CT molecular complexity index is 933. The number of hydrogen-bond donors (Lipinski definition) is 2. The van der Waals surface area contributed by atoms with Crippen molar-refractivity contribution in [3.63, 3.8) is 0 Å². The number of hydrogen-bond acceptors (Lipinski definition) is 4. The Morgan fingerprint density at radius 2 is 1.86 bits per heavy atom. The van der Waals surface area contributed by atoms with Gasteiger partial charge in [-0.1, -0.05) is 6.58 Å². The molecule has 28 heavy (non-hydrogen) atoms. The van der Waals surface area contributed by atoms with Gasteiger partial charge in [0.25, 0.3) is 0 Å². The number of β-amino-alcohol motifs (C(OH)–C–C–N with tert-alkyl or cyclic N) is 1. The van der Waals surface area contributed by atoms with E-state index in [1.807, 2.05) is 6.07 Å². The number of ether oxygens (including phenoxy) is 1. The van der Waals surface area contributed by atoms with Crippen LogP contribution in [0.4, 0.5) is 18.9 Å². The zero-order valence-corrected chi connectivity index (χ0v) is 15.3. The van der Waals surface area contributed by atoms with Gasteiger partial charge in [-0.3, -0.25) is 0 Å². The number of allylic oxidation sites excluding steroid dienone is 1. The molecule has 1 aliphatic rings. The van der Waals surface area contributed by atoms with Crippen LogP contribution in [0.15, 0.2) is 48.4 Å². The Morgan fingerprint density at radius 3 is 2.46 bits per heavy atom. The Balaban J connectivity index is 1.89. The second-order valence-electron chi connectivity index (χ2n) is 6.58. The molecule has 0 spiro atoms. The summed E-state index contributed by atoms with van der Waals surface area (Å²) in [5, 5.41) is 19.0. The average Bonchev–Trinajstić information content (AvgIpc) is 2.61. The molecule has 0 amide bonds. The van der Waals surface area contributed by atoms with E-state index in [-0.39, 0.29) is 17.9 Å². The van der Waals surface area contributed by atoms with Crippen LogP contribution in [0.5, 0.6) is 5.75 Å². The monoisotopic (exact) mass is 391 g/mol. The van der Waals surface area contributed by atoms with Gasteiger partial charge in [-0.25, -0.2) is 13.2 Å². The molecule has 2 aromatic rings. The van der Waals surface area contributed by atoms with Gasteiger partial charge in [-0.15, -0.1) is 0 Å². The van der Waals surface area contributed by atoms with E-state index in [4.69, 9.17) is 4.74 Å². The van der Waals surface area contributed by atoms with Crippen molar-refractivity contribution in [2.45, 2.75) is 20.0 Å². The molecular formula is C21H20F3NO3. The molecule has 0 atom stereocenters. The number of rotatable bonds is 6. The molecule has 1 aliphatic heterocycles. The van der Waals surface area contributed by atoms with Gasteiger partial charge in [0.2, 0.25) is 0 Å². The Morgan fingerprint density at radius 1 is 1.18 bits per heavy atom. The highest BCUT2D eigenvalue weighted by molar-refractivity contribution is 5.65. The minimum absolute atomic E-state index is 0.0768. The Labute approximate surface area is 160 Å².